The number of hydrogen-bond donors (Lipinski definition) is 2. The number of ketones is 1. The van der Waals surface area contributed by atoms with Crippen molar-refractivity contribution in [3.63, 3.8) is 0 Å². The number of ether oxygens (including phenoxy) is 1. The predicted octanol–water partition coefficient (Wildman–Crippen LogP) is 2.07. The fourth-order valence-electron chi connectivity index (χ4n) is 2.20. The molecule has 0 aromatic heterocycles. The van der Waals surface area contributed by atoms with Gasteiger partial charge in [0.25, 0.3) is 15.9 Å². The predicted molar refractivity (Wildman–Crippen MR) is 97.9 cm³/mol. The van der Waals surface area contributed by atoms with Crippen molar-refractivity contribution in [1.29, 1.82) is 0 Å². The van der Waals surface area contributed by atoms with Crippen LogP contribution in [0.25, 0.3) is 0 Å². The lowest BCUT2D eigenvalue weighted by atomic mass is 10.1. The summed E-state index contributed by atoms with van der Waals surface area (Å²) in [7, 11) is -2.38. The van der Waals surface area contributed by atoms with E-state index in [4.69, 9.17) is 4.74 Å². The fraction of sp³-hybridized carbons (Fsp3) is 0.222. The summed E-state index contributed by atoms with van der Waals surface area (Å²) in [4.78, 5) is 23.5. The SMILES string of the molecule is COCCNC(=O)c1ccccc1NS(=O)(=O)c1ccc(C(C)=O)cc1. The molecule has 0 spiro atoms. The molecule has 1 amide bonds. The molecule has 2 rings (SSSR count). The van der Waals surface area contributed by atoms with Crippen LogP contribution in [0.2, 0.25) is 0 Å². The van der Waals surface area contributed by atoms with Crippen molar-refractivity contribution < 1.29 is 22.7 Å². The molecule has 26 heavy (non-hydrogen) atoms. The molecule has 2 aromatic carbocycles. The van der Waals surface area contributed by atoms with Crippen LogP contribution >= 0.6 is 0 Å². The van der Waals surface area contributed by atoms with Gasteiger partial charge in [0.05, 0.1) is 22.8 Å². The summed E-state index contributed by atoms with van der Waals surface area (Å²) >= 11 is 0. The lowest BCUT2D eigenvalue weighted by Crippen LogP contribution is -2.28. The highest BCUT2D eigenvalue weighted by atomic mass is 32.2. The van der Waals surface area contributed by atoms with Gasteiger partial charge in [-0.1, -0.05) is 24.3 Å². The van der Waals surface area contributed by atoms with Crippen LogP contribution < -0.4 is 10.0 Å². The van der Waals surface area contributed by atoms with Crippen LogP contribution in [0.1, 0.15) is 27.6 Å². The molecule has 0 aliphatic heterocycles. The van der Waals surface area contributed by atoms with Gasteiger partial charge >= 0.3 is 0 Å². The Bertz CT molecular complexity index is 892. The zero-order valence-corrected chi connectivity index (χ0v) is 15.3. The third-order valence-corrected chi connectivity index (χ3v) is 4.96. The highest BCUT2D eigenvalue weighted by Crippen LogP contribution is 2.20. The van der Waals surface area contributed by atoms with Gasteiger partial charge in [0, 0.05) is 19.2 Å². The molecule has 0 radical (unpaired) electrons. The number of Topliss-reactive ketones (excluding diaryl/α,β-unsaturated/α-hetero) is 1. The monoisotopic (exact) mass is 376 g/mol. The Kier molecular flexibility index (Phi) is 6.48. The molecule has 0 aliphatic carbocycles. The quantitative estimate of drug-likeness (QED) is 0.542. The minimum atomic E-state index is -3.90. The largest absolute Gasteiger partial charge is 0.383 e. The second-order valence-electron chi connectivity index (χ2n) is 5.48. The average molecular weight is 376 g/mol. The smallest absolute Gasteiger partial charge is 0.261 e. The topological polar surface area (TPSA) is 102 Å². The van der Waals surface area contributed by atoms with Crippen LogP contribution in [0.4, 0.5) is 5.69 Å². The molecule has 0 saturated heterocycles. The van der Waals surface area contributed by atoms with E-state index in [2.05, 4.69) is 10.0 Å². The van der Waals surface area contributed by atoms with Crippen LogP contribution in [0.3, 0.4) is 0 Å². The molecule has 0 saturated carbocycles. The first-order valence-corrected chi connectivity index (χ1v) is 9.33. The van der Waals surface area contributed by atoms with Crippen LogP contribution in [0, 0.1) is 0 Å². The van der Waals surface area contributed by atoms with E-state index in [1.54, 1.807) is 12.1 Å². The molecular weight excluding hydrogens is 356 g/mol. The summed E-state index contributed by atoms with van der Waals surface area (Å²) in [5.74, 6) is -0.563. The Morgan fingerprint density at radius 2 is 1.69 bits per heavy atom. The van der Waals surface area contributed by atoms with Crippen LogP contribution in [-0.2, 0) is 14.8 Å². The number of methoxy groups -OCH3 is 1. The highest BCUT2D eigenvalue weighted by Gasteiger charge is 2.18. The number of nitrogens with one attached hydrogen (secondary N) is 2. The number of anilines is 1. The summed E-state index contributed by atoms with van der Waals surface area (Å²) in [5.41, 5.74) is 0.785. The van der Waals surface area contributed by atoms with Gasteiger partial charge < -0.3 is 10.1 Å². The molecule has 2 aromatic rings. The maximum absolute atomic E-state index is 12.6. The van der Waals surface area contributed by atoms with E-state index in [1.165, 1.54) is 50.4 Å². The molecule has 2 N–H and O–H groups in total. The second-order valence-corrected chi connectivity index (χ2v) is 7.16. The van der Waals surface area contributed by atoms with Crippen molar-refractivity contribution in [3.8, 4) is 0 Å². The number of carbonyl (C=O) groups excluding carboxylic acids is 2. The molecule has 0 heterocycles. The van der Waals surface area contributed by atoms with E-state index in [0.717, 1.165) is 0 Å². The van der Waals surface area contributed by atoms with E-state index in [1.807, 2.05) is 0 Å². The molecule has 7 nitrogen and oxygen atoms in total. The van der Waals surface area contributed by atoms with Crippen LogP contribution in [0.15, 0.2) is 53.4 Å². The van der Waals surface area contributed by atoms with Gasteiger partial charge in [0.2, 0.25) is 0 Å². The highest BCUT2D eigenvalue weighted by molar-refractivity contribution is 7.92. The Labute approximate surface area is 152 Å². The summed E-state index contributed by atoms with van der Waals surface area (Å²) in [6.45, 7) is 2.06. The summed E-state index contributed by atoms with van der Waals surface area (Å²) < 4.78 is 32.4. The van der Waals surface area contributed by atoms with Gasteiger partial charge in [-0.2, -0.15) is 0 Å². The van der Waals surface area contributed by atoms with Gasteiger partial charge in [-0.05, 0) is 31.2 Å². The minimum Gasteiger partial charge on any atom is -0.383 e. The molecule has 0 aliphatic rings. The van der Waals surface area contributed by atoms with E-state index in [9.17, 15) is 18.0 Å². The van der Waals surface area contributed by atoms with E-state index >= 15 is 0 Å². The molecular formula is C18H20N2O5S. The maximum atomic E-state index is 12.6. The number of para-hydroxylation sites is 1. The van der Waals surface area contributed by atoms with Gasteiger partial charge in [0.15, 0.2) is 5.78 Å². The van der Waals surface area contributed by atoms with Crippen LogP contribution in [0.5, 0.6) is 0 Å². The van der Waals surface area contributed by atoms with Gasteiger partial charge in [-0.15, -0.1) is 0 Å². The first-order chi connectivity index (χ1) is 12.3. The fourth-order valence-corrected chi connectivity index (χ4v) is 3.28. The standard InChI is InChI=1S/C18H20N2O5S/c1-13(21)14-7-9-15(10-8-14)26(23,24)20-17-6-4-3-5-16(17)18(22)19-11-12-25-2/h3-10,20H,11-12H2,1-2H3,(H,19,22). The molecule has 0 fully saturated rings. The van der Waals surface area contributed by atoms with Gasteiger partial charge in [-0.3, -0.25) is 14.3 Å². The molecule has 8 heteroatoms. The number of rotatable bonds is 8. The minimum absolute atomic E-state index is 0.00269. The normalized spacial score (nSPS) is 11.0. The Morgan fingerprint density at radius 1 is 1.04 bits per heavy atom. The molecule has 138 valence electrons. The maximum Gasteiger partial charge on any atom is 0.261 e. The first kappa shape index (κ1) is 19.6. The van der Waals surface area contributed by atoms with Crippen molar-refractivity contribution in [2.24, 2.45) is 0 Å². The van der Waals surface area contributed by atoms with Crippen molar-refractivity contribution in [2.45, 2.75) is 11.8 Å². The van der Waals surface area contributed by atoms with Gasteiger partial charge in [0.1, 0.15) is 0 Å². The second kappa shape index (κ2) is 8.59. The first-order valence-electron chi connectivity index (χ1n) is 7.85. The van der Waals surface area contributed by atoms with Crippen LogP contribution in [-0.4, -0.2) is 40.4 Å². The third-order valence-electron chi connectivity index (χ3n) is 3.58. The number of benzene rings is 2. The van der Waals surface area contributed by atoms with Crippen molar-refractivity contribution in [1.82, 2.24) is 5.32 Å². The van der Waals surface area contributed by atoms with E-state index in [0.29, 0.717) is 18.7 Å². The van der Waals surface area contributed by atoms with E-state index < -0.39 is 15.9 Å². The average Bonchev–Trinajstić information content (AvgIpc) is 2.62. The molecule has 0 bridgehead atoms. The lowest BCUT2D eigenvalue weighted by Gasteiger charge is -2.13. The number of sulfonamides is 1. The number of carbonyl (C=O) groups is 2. The van der Waals surface area contributed by atoms with Gasteiger partial charge in [-0.25, -0.2) is 8.42 Å². The number of hydrogen-bond acceptors (Lipinski definition) is 5. The van der Waals surface area contributed by atoms with E-state index in [-0.39, 0.29) is 21.9 Å². The molecule has 0 atom stereocenters. The summed E-state index contributed by atoms with van der Waals surface area (Å²) in [6.07, 6.45) is 0. The van der Waals surface area contributed by atoms with Crippen molar-refractivity contribution in [2.75, 3.05) is 25.0 Å². The Hall–Kier alpha value is -2.71. The van der Waals surface area contributed by atoms with Crippen molar-refractivity contribution >= 4 is 27.4 Å². The summed E-state index contributed by atoms with van der Waals surface area (Å²) in [6, 6.07) is 11.9. The van der Waals surface area contributed by atoms with Crippen molar-refractivity contribution in [3.05, 3.63) is 59.7 Å². The zero-order chi connectivity index (χ0) is 19.2. The molecule has 0 unspecified atom stereocenters. The lowest BCUT2D eigenvalue weighted by molar-refractivity contribution is 0.0937. The number of amides is 1. The Balaban J connectivity index is 2.24. The third kappa shape index (κ3) is 4.90. The Morgan fingerprint density at radius 3 is 2.31 bits per heavy atom. The zero-order valence-electron chi connectivity index (χ0n) is 14.5. The summed E-state index contributed by atoms with van der Waals surface area (Å²) in [5, 5.41) is 2.65.